The Morgan fingerprint density at radius 1 is 1.31 bits per heavy atom. The third-order valence-corrected chi connectivity index (χ3v) is 4.64. The van der Waals surface area contributed by atoms with Crippen LogP contribution in [0.15, 0.2) is 24.3 Å². The summed E-state index contributed by atoms with van der Waals surface area (Å²) in [5.74, 6) is -0.153. The summed E-state index contributed by atoms with van der Waals surface area (Å²) in [4.78, 5) is 26.2. The van der Waals surface area contributed by atoms with E-state index in [1.165, 1.54) is 0 Å². The van der Waals surface area contributed by atoms with E-state index in [0.29, 0.717) is 25.2 Å². The molecule has 0 aliphatic carbocycles. The first-order chi connectivity index (χ1) is 12.4. The van der Waals surface area contributed by atoms with Gasteiger partial charge in [0.2, 0.25) is 0 Å². The van der Waals surface area contributed by atoms with E-state index in [1.54, 1.807) is 17.0 Å². The zero-order valence-electron chi connectivity index (χ0n) is 15.7. The van der Waals surface area contributed by atoms with Crippen molar-refractivity contribution in [3.8, 4) is 0 Å². The van der Waals surface area contributed by atoms with Crippen LogP contribution in [0.2, 0.25) is 0 Å². The molecular formula is C19H25N5O2. The van der Waals surface area contributed by atoms with Crippen molar-refractivity contribution in [1.82, 2.24) is 20.4 Å². The van der Waals surface area contributed by atoms with Gasteiger partial charge >= 0.3 is 6.03 Å². The van der Waals surface area contributed by atoms with Crippen molar-refractivity contribution in [2.24, 2.45) is 0 Å². The van der Waals surface area contributed by atoms with E-state index >= 15 is 0 Å². The third-order valence-electron chi connectivity index (χ3n) is 4.64. The maximum Gasteiger partial charge on any atom is 0.322 e. The van der Waals surface area contributed by atoms with E-state index < -0.39 is 0 Å². The van der Waals surface area contributed by atoms with Crippen LogP contribution in [0.5, 0.6) is 0 Å². The molecule has 26 heavy (non-hydrogen) atoms. The number of hydrogen-bond donors (Lipinski definition) is 2. The normalized spacial score (nSPS) is 15.1. The fourth-order valence-corrected chi connectivity index (χ4v) is 3.26. The zero-order chi connectivity index (χ0) is 18.8. The minimum Gasteiger partial charge on any atom is -0.350 e. The van der Waals surface area contributed by atoms with Gasteiger partial charge in [-0.15, -0.1) is 0 Å². The van der Waals surface area contributed by atoms with Gasteiger partial charge in [-0.25, -0.2) is 4.79 Å². The Morgan fingerprint density at radius 2 is 2.08 bits per heavy atom. The lowest BCUT2D eigenvalue weighted by Crippen LogP contribution is -2.31. The van der Waals surface area contributed by atoms with Gasteiger partial charge in [0.05, 0.1) is 11.7 Å². The molecule has 1 fully saturated rings. The number of benzene rings is 1. The fourth-order valence-electron chi connectivity index (χ4n) is 3.26. The molecule has 1 aromatic carbocycles. The molecule has 1 aromatic heterocycles. The standard InChI is InChI=1S/C19H25N5O2/c1-12-5-6-16(10-17(12)23-8-7-20-19(23)26)18(25)21-11-15(4)24-14(3)9-13(2)22-24/h5-6,9-10,15H,7-8,11H2,1-4H3,(H,20,26)(H,21,25)/t15-/m1/s1. The lowest BCUT2D eigenvalue weighted by Gasteiger charge is -2.19. The second-order valence-electron chi connectivity index (χ2n) is 6.82. The van der Waals surface area contributed by atoms with Gasteiger partial charge in [-0.05, 0) is 51.5 Å². The van der Waals surface area contributed by atoms with Gasteiger partial charge < -0.3 is 10.6 Å². The molecular weight excluding hydrogens is 330 g/mol. The second kappa shape index (κ2) is 7.19. The van der Waals surface area contributed by atoms with Gasteiger partial charge in [-0.3, -0.25) is 14.4 Å². The largest absolute Gasteiger partial charge is 0.350 e. The van der Waals surface area contributed by atoms with E-state index in [2.05, 4.69) is 15.7 Å². The molecule has 1 aliphatic heterocycles. The molecule has 1 atom stereocenters. The molecule has 1 saturated heterocycles. The topological polar surface area (TPSA) is 79.3 Å². The monoisotopic (exact) mass is 355 g/mol. The molecule has 0 unspecified atom stereocenters. The van der Waals surface area contributed by atoms with E-state index in [-0.39, 0.29) is 18.0 Å². The van der Waals surface area contributed by atoms with Crippen molar-refractivity contribution < 1.29 is 9.59 Å². The Morgan fingerprint density at radius 3 is 2.69 bits per heavy atom. The van der Waals surface area contributed by atoms with Gasteiger partial charge in [0.15, 0.2) is 0 Å². The summed E-state index contributed by atoms with van der Waals surface area (Å²) in [6.45, 7) is 9.63. The lowest BCUT2D eigenvalue weighted by atomic mass is 10.1. The minimum absolute atomic E-state index is 0.0573. The molecule has 3 rings (SSSR count). The molecule has 138 valence electrons. The van der Waals surface area contributed by atoms with Gasteiger partial charge in [0.25, 0.3) is 5.91 Å². The van der Waals surface area contributed by atoms with Gasteiger partial charge in [0, 0.05) is 36.6 Å². The number of hydrogen-bond acceptors (Lipinski definition) is 3. The number of anilines is 1. The number of rotatable bonds is 5. The Hall–Kier alpha value is -2.83. The van der Waals surface area contributed by atoms with Crippen LogP contribution in [-0.4, -0.2) is 41.4 Å². The van der Waals surface area contributed by atoms with Crippen LogP contribution in [0.1, 0.15) is 40.3 Å². The molecule has 2 heterocycles. The molecule has 0 saturated carbocycles. The van der Waals surface area contributed by atoms with E-state index in [9.17, 15) is 9.59 Å². The Kier molecular flexibility index (Phi) is 4.97. The summed E-state index contributed by atoms with van der Waals surface area (Å²) in [7, 11) is 0. The summed E-state index contributed by atoms with van der Waals surface area (Å²) >= 11 is 0. The number of carbonyl (C=O) groups excluding carboxylic acids is 2. The van der Waals surface area contributed by atoms with Crippen molar-refractivity contribution in [2.75, 3.05) is 24.5 Å². The van der Waals surface area contributed by atoms with Crippen LogP contribution >= 0.6 is 0 Å². The lowest BCUT2D eigenvalue weighted by molar-refractivity contribution is 0.0947. The molecule has 0 bridgehead atoms. The number of nitrogens with one attached hydrogen (secondary N) is 2. The Bertz CT molecular complexity index is 842. The SMILES string of the molecule is Cc1cc(C)n([C@H](C)CNC(=O)c2ccc(C)c(N3CCNC3=O)c2)n1. The minimum atomic E-state index is -0.153. The van der Waals surface area contributed by atoms with Crippen molar-refractivity contribution in [2.45, 2.75) is 33.7 Å². The number of nitrogens with zero attached hydrogens (tertiary/aromatic N) is 3. The Balaban J connectivity index is 1.70. The first-order valence-corrected chi connectivity index (χ1v) is 8.84. The molecule has 1 aliphatic rings. The summed E-state index contributed by atoms with van der Waals surface area (Å²) in [6, 6.07) is 7.40. The van der Waals surface area contributed by atoms with Crippen LogP contribution in [0.25, 0.3) is 0 Å². The predicted molar refractivity (Wildman–Crippen MR) is 101 cm³/mol. The first-order valence-electron chi connectivity index (χ1n) is 8.84. The summed E-state index contributed by atoms with van der Waals surface area (Å²) in [6.07, 6.45) is 0. The van der Waals surface area contributed by atoms with E-state index in [1.807, 2.05) is 44.5 Å². The molecule has 7 nitrogen and oxygen atoms in total. The quantitative estimate of drug-likeness (QED) is 0.864. The van der Waals surface area contributed by atoms with Crippen molar-refractivity contribution in [3.05, 3.63) is 46.8 Å². The number of urea groups is 1. The van der Waals surface area contributed by atoms with Crippen molar-refractivity contribution >= 4 is 17.6 Å². The maximum absolute atomic E-state index is 12.6. The smallest absolute Gasteiger partial charge is 0.322 e. The maximum atomic E-state index is 12.6. The van der Waals surface area contributed by atoms with E-state index in [0.717, 1.165) is 22.6 Å². The average molecular weight is 355 g/mol. The Labute approximate surface area is 153 Å². The van der Waals surface area contributed by atoms with Gasteiger partial charge in [-0.1, -0.05) is 6.07 Å². The number of aromatic nitrogens is 2. The number of aryl methyl sites for hydroxylation is 3. The van der Waals surface area contributed by atoms with Gasteiger partial charge in [0.1, 0.15) is 0 Å². The second-order valence-corrected chi connectivity index (χ2v) is 6.82. The van der Waals surface area contributed by atoms with Crippen molar-refractivity contribution in [1.29, 1.82) is 0 Å². The van der Waals surface area contributed by atoms with E-state index in [4.69, 9.17) is 0 Å². The molecule has 3 amide bonds. The molecule has 0 spiro atoms. The zero-order valence-corrected chi connectivity index (χ0v) is 15.7. The fraction of sp³-hybridized carbons (Fsp3) is 0.421. The van der Waals surface area contributed by atoms with Crippen LogP contribution in [0, 0.1) is 20.8 Å². The highest BCUT2D eigenvalue weighted by atomic mass is 16.2. The van der Waals surface area contributed by atoms with Crippen LogP contribution in [0.3, 0.4) is 0 Å². The predicted octanol–water partition coefficient (Wildman–Crippen LogP) is 2.33. The molecule has 7 heteroatoms. The number of amides is 3. The first kappa shape index (κ1) is 18.0. The molecule has 2 N–H and O–H groups in total. The summed E-state index contributed by atoms with van der Waals surface area (Å²) in [5, 5.41) is 10.2. The van der Waals surface area contributed by atoms with Crippen LogP contribution < -0.4 is 15.5 Å². The van der Waals surface area contributed by atoms with Crippen LogP contribution in [0.4, 0.5) is 10.5 Å². The molecule has 2 aromatic rings. The van der Waals surface area contributed by atoms with Crippen LogP contribution in [-0.2, 0) is 0 Å². The highest BCUT2D eigenvalue weighted by Gasteiger charge is 2.23. The highest BCUT2D eigenvalue weighted by Crippen LogP contribution is 2.23. The average Bonchev–Trinajstić information content (AvgIpc) is 3.17. The van der Waals surface area contributed by atoms with Crippen molar-refractivity contribution in [3.63, 3.8) is 0 Å². The summed E-state index contributed by atoms with van der Waals surface area (Å²) < 4.78 is 1.92. The highest BCUT2D eigenvalue weighted by molar-refractivity contribution is 5.99. The third kappa shape index (κ3) is 3.56. The van der Waals surface area contributed by atoms with Gasteiger partial charge in [-0.2, -0.15) is 5.10 Å². The molecule has 0 radical (unpaired) electrons. The number of carbonyl (C=O) groups is 2. The summed E-state index contributed by atoms with van der Waals surface area (Å²) in [5.41, 5.74) is 4.33.